The maximum Gasteiger partial charge on any atom is -0.0318 e. The SMILES string of the molecule is CCCCC=CCCC(C)CCC(=CCC(C)CCC)CCCC. The van der Waals surface area contributed by atoms with E-state index < -0.39 is 0 Å². The lowest BCUT2D eigenvalue weighted by molar-refractivity contribution is 0.487. The van der Waals surface area contributed by atoms with E-state index in [1.165, 1.54) is 83.5 Å². The molecule has 0 aromatic rings. The molecule has 142 valence electrons. The molecule has 0 spiro atoms. The van der Waals surface area contributed by atoms with E-state index in [1.807, 2.05) is 0 Å². The molecule has 0 nitrogen and oxygen atoms in total. The zero-order valence-electron chi connectivity index (χ0n) is 17.6. The van der Waals surface area contributed by atoms with E-state index in [9.17, 15) is 0 Å². The summed E-state index contributed by atoms with van der Waals surface area (Å²) >= 11 is 0. The summed E-state index contributed by atoms with van der Waals surface area (Å²) in [7, 11) is 0. The van der Waals surface area contributed by atoms with Crippen molar-refractivity contribution in [1.82, 2.24) is 0 Å². The molecule has 0 saturated heterocycles. The fraction of sp³-hybridized carbons (Fsp3) is 0.833. The minimum absolute atomic E-state index is 0.859. The Morgan fingerprint density at radius 2 is 1.42 bits per heavy atom. The topological polar surface area (TPSA) is 0 Å². The second kappa shape index (κ2) is 17.3. The van der Waals surface area contributed by atoms with Gasteiger partial charge in [-0.25, -0.2) is 0 Å². The van der Waals surface area contributed by atoms with Crippen LogP contribution in [0.1, 0.15) is 118 Å². The second-order valence-corrected chi connectivity index (χ2v) is 7.93. The first-order chi connectivity index (χ1) is 11.6. The minimum atomic E-state index is 0.859. The number of hydrogen-bond donors (Lipinski definition) is 0. The molecule has 24 heavy (non-hydrogen) atoms. The van der Waals surface area contributed by atoms with Crippen molar-refractivity contribution in [3.8, 4) is 0 Å². The number of rotatable bonds is 16. The van der Waals surface area contributed by atoms with Gasteiger partial charge in [0.1, 0.15) is 0 Å². The van der Waals surface area contributed by atoms with E-state index in [-0.39, 0.29) is 0 Å². The third-order valence-corrected chi connectivity index (χ3v) is 5.12. The highest BCUT2D eigenvalue weighted by Crippen LogP contribution is 2.22. The maximum absolute atomic E-state index is 2.59. The van der Waals surface area contributed by atoms with Crippen molar-refractivity contribution in [2.75, 3.05) is 0 Å². The van der Waals surface area contributed by atoms with E-state index in [0.29, 0.717) is 0 Å². The highest BCUT2D eigenvalue weighted by molar-refractivity contribution is 5.02. The first-order valence-electron chi connectivity index (χ1n) is 11.0. The molecule has 0 heterocycles. The summed E-state index contributed by atoms with van der Waals surface area (Å²) in [5, 5.41) is 0. The Kier molecular flexibility index (Phi) is 16.9. The minimum Gasteiger partial charge on any atom is -0.0885 e. The summed E-state index contributed by atoms with van der Waals surface area (Å²) in [4.78, 5) is 0. The third kappa shape index (κ3) is 15.0. The van der Waals surface area contributed by atoms with Crippen LogP contribution in [-0.2, 0) is 0 Å². The van der Waals surface area contributed by atoms with Gasteiger partial charge >= 0.3 is 0 Å². The van der Waals surface area contributed by atoms with Crippen LogP contribution in [0.2, 0.25) is 0 Å². The molecule has 0 radical (unpaired) electrons. The predicted octanol–water partition coefficient (Wildman–Crippen LogP) is 8.87. The summed E-state index contributed by atoms with van der Waals surface area (Å²) in [5.74, 6) is 1.72. The molecule has 0 amide bonds. The van der Waals surface area contributed by atoms with Crippen LogP contribution in [0.4, 0.5) is 0 Å². The Balaban J connectivity index is 4.09. The van der Waals surface area contributed by atoms with Crippen LogP contribution in [-0.4, -0.2) is 0 Å². The van der Waals surface area contributed by atoms with Crippen LogP contribution in [0, 0.1) is 11.8 Å². The fourth-order valence-corrected chi connectivity index (χ4v) is 3.23. The van der Waals surface area contributed by atoms with E-state index in [4.69, 9.17) is 0 Å². The molecule has 2 atom stereocenters. The van der Waals surface area contributed by atoms with Crippen LogP contribution in [0.3, 0.4) is 0 Å². The molecular formula is C24H46. The van der Waals surface area contributed by atoms with Gasteiger partial charge in [0.2, 0.25) is 0 Å². The van der Waals surface area contributed by atoms with E-state index in [2.05, 4.69) is 52.8 Å². The standard InChI is InChI=1S/C24H46/c1-6-9-11-12-13-14-16-23(5)19-21-24(17-10-7-2)20-18-22(4)15-8-3/h12-13,20,22-23H,6-11,14-19,21H2,1-5H3. The molecule has 0 heteroatoms. The van der Waals surface area contributed by atoms with Crippen molar-refractivity contribution < 1.29 is 0 Å². The number of hydrogen-bond acceptors (Lipinski definition) is 0. The van der Waals surface area contributed by atoms with Gasteiger partial charge in [-0.2, -0.15) is 0 Å². The Hall–Kier alpha value is -0.520. The molecule has 0 aromatic carbocycles. The Morgan fingerprint density at radius 1 is 0.708 bits per heavy atom. The van der Waals surface area contributed by atoms with Gasteiger partial charge in [-0.05, 0) is 63.2 Å². The van der Waals surface area contributed by atoms with Crippen molar-refractivity contribution in [1.29, 1.82) is 0 Å². The maximum atomic E-state index is 2.59. The monoisotopic (exact) mass is 334 g/mol. The van der Waals surface area contributed by atoms with Gasteiger partial charge in [-0.3, -0.25) is 0 Å². The lowest BCUT2D eigenvalue weighted by atomic mass is 9.92. The Morgan fingerprint density at radius 3 is 2.08 bits per heavy atom. The molecule has 0 aliphatic rings. The van der Waals surface area contributed by atoms with E-state index in [0.717, 1.165) is 11.8 Å². The van der Waals surface area contributed by atoms with Gasteiger partial charge in [0.25, 0.3) is 0 Å². The van der Waals surface area contributed by atoms with Gasteiger partial charge in [0, 0.05) is 0 Å². The van der Waals surface area contributed by atoms with Crippen LogP contribution >= 0.6 is 0 Å². The fourth-order valence-electron chi connectivity index (χ4n) is 3.23. The normalized spacial score (nSPS) is 15.1. The molecular weight excluding hydrogens is 288 g/mol. The molecule has 0 aromatic heterocycles. The lowest BCUT2D eigenvalue weighted by Gasteiger charge is -2.14. The summed E-state index contributed by atoms with van der Waals surface area (Å²) in [6.07, 6.45) is 24.6. The summed E-state index contributed by atoms with van der Waals surface area (Å²) in [5.41, 5.74) is 1.74. The predicted molar refractivity (Wildman–Crippen MR) is 113 cm³/mol. The average Bonchev–Trinajstić information content (AvgIpc) is 2.57. The summed E-state index contributed by atoms with van der Waals surface area (Å²) in [6.45, 7) is 11.7. The number of allylic oxidation sites excluding steroid dienone is 4. The van der Waals surface area contributed by atoms with Gasteiger partial charge in [-0.1, -0.05) is 90.5 Å². The number of unbranched alkanes of at least 4 members (excludes halogenated alkanes) is 3. The van der Waals surface area contributed by atoms with Crippen LogP contribution in [0.5, 0.6) is 0 Å². The smallest absolute Gasteiger partial charge is 0.0318 e. The Labute approximate surface area is 154 Å². The summed E-state index contributed by atoms with van der Waals surface area (Å²) < 4.78 is 0. The summed E-state index contributed by atoms with van der Waals surface area (Å²) in [6, 6.07) is 0. The van der Waals surface area contributed by atoms with Crippen LogP contribution in [0.15, 0.2) is 23.8 Å². The average molecular weight is 335 g/mol. The molecule has 0 aliphatic carbocycles. The van der Waals surface area contributed by atoms with Gasteiger partial charge in [0.15, 0.2) is 0 Å². The van der Waals surface area contributed by atoms with Gasteiger partial charge in [0.05, 0.1) is 0 Å². The van der Waals surface area contributed by atoms with Crippen molar-refractivity contribution >= 4 is 0 Å². The van der Waals surface area contributed by atoms with Crippen molar-refractivity contribution in [3.05, 3.63) is 23.8 Å². The van der Waals surface area contributed by atoms with E-state index in [1.54, 1.807) is 5.57 Å². The van der Waals surface area contributed by atoms with Crippen molar-refractivity contribution in [2.45, 2.75) is 118 Å². The zero-order chi connectivity index (χ0) is 18.0. The molecule has 0 saturated carbocycles. The quantitative estimate of drug-likeness (QED) is 0.195. The first kappa shape index (κ1) is 23.5. The first-order valence-corrected chi connectivity index (χ1v) is 11.0. The van der Waals surface area contributed by atoms with Gasteiger partial charge < -0.3 is 0 Å². The van der Waals surface area contributed by atoms with Crippen LogP contribution in [0.25, 0.3) is 0 Å². The van der Waals surface area contributed by atoms with Crippen molar-refractivity contribution in [2.24, 2.45) is 11.8 Å². The van der Waals surface area contributed by atoms with Crippen molar-refractivity contribution in [3.63, 3.8) is 0 Å². The lowest BCUT2D eigenvalue weighted by Crippen LogP contribution is -1.97. The molecule has 0 rings (SSSR count). The molecule has 0 N–H and O–H groups in total. The van der Waals surface area contributed by atoms with Gasteiger partial charge in [-0.15, -0.1) is 0 Å². The third-order valence-electron chi connectivity index (χ3n) is 5.12. The zero-order valence-corrected chi connectivity index (χ0v) is 17.6. The highest BCUT2D eigenvalue weighted by atomic mass is 14.1. The molecule has 0 aliphatic heterocycles. The second-order valence-electron chi connectivity index (χ2n) is 7.93. The van der Waals surface area contributed by atoms with E-state index >= 15 is 0 Å². The largest absolute Gasteiger partial charge is 0.0885 e. The molecule has 0 fully saturated rings. The highest BCUT2D eigenvalue weighted by Gasteiger charge is 2.05. The molecule has 0 bridgehead atoms. The Bertz CT molecular complexity index is 310. The molecule has 2 unspecified atom stereocenters. The van der Waals surface area contributed by atoms with Crippen LogP contribution < -0.4 is 0 Å².